The Kier molecular flexibility index (Phi) is 2.54. The van der Waals surface area contributed by atoms with Gasteiger partial charge in [0.05, 0.1) is 5.54 Å². The standard InChI is InChI=1S/C10H17N3O/c1-2-8-3-5-10(11,6-4-8)9-12-7-13-14-9/h7-8H,2-6,11H2,1H3. The van der Waals surface area contributed by atoms with Crippen molar-refractivity contribution in [2.45, 2.75) is 44.6 Å². The highest BCUT2D eigenvalue weighted by atomic mass is 16.5. The first-order valence-electron chi connectivity index (χ1n) is 5.30. The van der Waals surface area contributed by atoms with Crippen LogP contribution in [0.25, 0.3) is 0 Å². The van der Waals surface area contributed by atoms with Crippen molar-refractivity contribution < 1.29 is 4.52 Å². The van der Waals surface area contributed by atoms with Crippen molar-refractivity contribution in [3.8, 4) is 0 Å². The molecule has 2 N–H and O–H groups in total. The van der Waals surface area contributed by atoms with E-state index in [4.69, 9.17) is 10.3 Å². The predicted octanol–water partition coefficient (Wildman–Crippen LogP) is 1.82. The minimum absolute atomic E-state index is 0.359. The van der Waals surface area contributed by atoms with E-state index in [0.29, 0.717) is 5.89 Å². The van der Waals surface area contributed by atoms with Crippen molar-refractivity contribution in [3.05, 3.63) is 12.2 Å². The molecule has 0 radical (unpaired) electrons. The SMILES string of the molecule is CCC1CCC(N)(c2ncno2)CC1. The highest BCUT2D eigenvalue weighted by molar-refractivity contribution is 5.01. The van der Waals surface area contributed by atoms with Gasteiger partial charge < -0.3 is 10.3 Å². The van der Waals surface area contributed by atoms with Gasteiger partial charge >= 0.3 is 0 Å². The van der Waals surface area contributed by atoms with Crippen LogP contribution in [0.4, 0.5) is 0 Å². The van der Waals surface area contributed by atoms with Gasteiger partial charge in [-0.05, 0) is 31.6 Å². The Morgan fingerprint density at radius 1 is 1.57 bits per heavy atom. The number of rotatable bonds is 2. The zero-order chi connectivity index (χ0) is 10.0. The first-order valence-corrected chi connectivity index (χ1v) is 5.30. The van der Waals surface area contributed by atoms with Crippen LogP contribution in [-0.4, -0.2) is 10.1 Å². The van der Waals surface area contributed by atoms with E-state index in [2.05, 4.69) is 17.1 Å². The third-order valence-corrected chi connectivity index (χ3v) is 3.36. The molecule has 14 heavy (non-hydrogen) atoms. The molecule has 1 aliphatic rings. The van der Waals surface area contributed by atoms with Gasteiger partial charge in [0.2, 0.25) is 5.89 Å². The van der Waals surface area contributed by atoms with Gasteiger partial charge in [-0.1, -0.05) is 18.5 Å². The van der Waals surface area contributed by atoms with Crippen LogP contribution in [0.3, 0.4) is 0 Å². The maximum absolute atomic E-state index is 6.25. The fourth-order valence-corrected chi connectivity index (χ4v) is 2.21. The van der Waals surface area contributed by atoms with Crippen molar-refractivity contribution in [3.63, 3.8) is 0 Å². The van der Waals surface area contributed by atoms with Gasteiger partial charge in [0.25, 0.3) is 0 Å². The van der Waals surface area contributed by atoms with Crippen molar-refractivity contribution in [2.24, 2.45) is 11.7 Å². The highest BCUT2D eigenvalue weighted by Crippen LogP contribution is 2.37. The first-order chi connectivity index (χ1) is 6.74. The molecule has 0 unspecified atom stereocenters. The molecule has 0 atom stereocenters. The summed E-state index contributed by atoms with van der Waals surface area (Å²) in [4.78, 5) is 4.06. The molecular formula is C10H17N3O. The fourth-order valence-electron chi connectivity index (χ4n) is 2.21. The second-order valence-corrected chi connectivity index (χ2v) is 4.25. The number of hydrogen-bond donors (Lipinski definition) is 1. The minimum Gasteiger partial charge on any atom is -0.338 e. The summed E-state index contributed by atoms with van der Waals surface area (Å²) < 4.78 is 5.06. The van der Waals surface area contributed by atoms with Gasteiger partial charge in [0.15, 0.2) is 6.33 Å². The maximum Gasteiger partial charge on any atom is 0.246 e. The molecule has 4 heteroatoms. The van der Waals surface area contributed by atoms with E-state index >= 15 is 0 Å². The molecule has 0 aromatic carbocycles. The molecule has 1 aromatic heterocycles. The molecule has 1 heterocycles. The molecule has 78 valence electrons. The summed E-state index contributed by atoms with van der Waals surface area (Å²) in [5, 5.41) is 3.62. The summed E-state index contributed by atoms with van der Waals surface area (Å²) in [5.41, 5.74) is 5.89. The van der Waals surface area contributed by atoms with Crippen molar-refractivity contribution in [2.75, 3.05) is 0 Å². The van der Waals surface area contributed by atoms with Crippen LogP contribution in [-0.2, 0) is 5.54 Å². The van der Waals surface area contributed by atoms with Crippen LogP contribution in [0.15, 0.2) is 10.9 Å². The monoisotopic (exact) mass is 195 g/mol. The van der Waals surface area contributed by atoms with Gasteiger partial charge in [-0.15, -0.1) is 0 Å². The molecule has 0 spiro atoms. The molecule has 0 aliphatic heterocycles. The summed E-state index contributed by atoms with van der Waals surface area (Å²) in [6.45, 7) is 2.24. The summed E-state index contributed by atoms with van der Waals surface area (Å²) in [6, 6.07) is 0. The Balaban J connectivity index is 2.06. The Morgan fingerprint density at radius 3 is 2.79 bits per heavy atom. The normalized spacial score (nSPS) is 33.1. The lowest BCUT2D eigenvalue weighted by Gasteiger charge is -2.33. The molecule has 1 saturated carbocycles. The summed E-state index contributed by atoms with van der Waals surface area (Å²) >= 11 is 0. The molecule has 4 nitrogen and oxygen atoms in total. The van der Waals surface area contributed by atoms with E-state index in [9.17, 15) is 0 Å². The zero-order valence-electron chi connectivity index (χ0n) is 8.57. The predicted molar refractivity (Wildman–Crippen MR) is 52.4 cm³/mol. The largest absolute Gasteiger partial charge is 0.338 e. The smallest absolute Gasteiger partial charge is 0.246 e. The molecule has 0 bridgehead atoms. The van der Waals surface area contributed by atoms with E-state index in [1.54, 1.807) is 0 Å². The van der Waals surface area contributed by atoms with E-state index in [0.717, 1.165) is 18.8 Å². The van der Waals surface area contributed by atoms with Gasteiger partial charge in [0.1, 0.15) is 0 Å². The van der Waals surface area contributed by atoms with Gasteiger partial charge in [-0.2, -0.15) is 4.98 Å². The lowest BCUT2D eigenvalue weighted by atomic mass is 9.76. The maximum atomic E-state index is 6.25. The van der Waals surface area contributed by atoms with E-state index in [-0.39, 0.29) is 5.54 Å². The topological polar surface area (TPSA) is 64.9 Å². The van der Waals surface area contributed by atoms with E-state index in [1.807, 2.05) is 0 Å². The molecule has 1 aromatic rings. The highest BCUT2D eigenvalue weighted by Gasteiger charge is 2.36. The summed E-state index contributed by atoms with van der Waals surface area (Å²) in [7, 11) is 0. The molecular weight excluding hydrogens is 178 g/mol. The summed E-state index contributed by atoms with van der Waals surface area (Å²) in [6.07, 6.45) is 6.96. The lowest BCUT2D eigenvalue weighted by Crippen LogP contribution is -2.40. The third-order valence-electron chi connectivity index (χ3n) is 3.36. The number of nitrogens with two attached hydrogens (primary N) is 1. The Labute approximate surface area is 83.9 Å². The quantitative estimate of drug-likeness (QED) is 0.781. The van der Waals surface area contributed by atoms with Crippen LogP contribution in [0, 0.1) is 5.92 Å². The van der Waals surface area contributed by atoms with Gasteiger partial charge in [-0.3, -0.25) is 0 Å². The van der Waals surface area contributed by atoms with Gasteiger partial charge in [-0.25, -0.2) is 0 Å². The number of hydrogen-bond acceptors (Lipinski definition) is 4. The number of nitrogens with zero attached hydrogens (tertiary/aromatic N) is 2. The molecule has 0 saturated heterocycles. The number of aromatic nitrogens is 2. The third kappa shape index (κ3) is 1.66. The second kappa shape index (κ2) is 3.69. The molecule has 1 fully saturated rings. The lowest BCUT2D eigenvalue weighted by molar-refractivity contribution is 0.181. The van der Waals surface area contributed by atoms with Gasteiger partial charge in [0, 0.05) is 0 Å². The zero-order valence-corrected chi connectivity index (χ0v) is 8.57. The second-order valence-electron chi connectivity index (χ2n) is 4.25. The molecule has 2 rings (SSSR count). The average molecular weight is 195 g/mol. The van der Waals surface area contributed by atoms with Crippen molar-refractivity contribution in [1.29, 1.82) is 0 Å². The average Bonchev–Trinajstić information content (AvgIpc) is 2.72. The van der Waals surface area contributed by atoms with Crippen LogP contribution >= 0.6 is 0 Å². The van der Waals surface area contributed by atoms with Crippen molar-refractivity contribution >= 4 is 0 Å². The van der Waals surface area contributed by atoms with E-state index in [1.165, 1.54) is 25.6 Å². The fraction of sp³-hybridized carbons (Fsp3) is 0.800. The van der Waals surface area contributed by atoms with E-state index < -0.39 is 0 Å². The van der Waals surface area contributed by atoms with Crippen LogP contribution < -0.4 is 5.73 Å². The van der Waals surface area contributed by atoms with Crippen molar-refractivity contribution in [1.82, 2.24) is 10.1 Å². The molecule has 1 aliphatic carbocycles. The van der Waals surface area contributed by atoms with Crippen LogP contribution in [0.5, 0.6) is 0 Å². The molecule has 0 amide bonds. The van der Waals surface area contributed by atoms with Crippen LogP contribution in [0.2, 0.25) is 0 Å². The Bertz CT molecular complexity index is 276. The Hall–Kier alpha value is -0.900. The minimum atomic E-state index is -0.359. The van der Waals surface area contributed by atoms with Crippen LogP contribution in [0.1, 0.15) is 44.9 Å². The first kappa shape index (κ1) is 9.65. The summed E-state index contributed by atoms with van der Waals surface area (Å²) in [5.74, 6) is 1.43. The Morgan fingerprint density at radius 2 is 2.29 bits per heavy atom.